The van der Waals surface area contributed by atoms with Crippen LogP contribution in [0.25, 0.3) is 0 Å². The van der Waals surface area contributed by atoms with Crippen molar-refractivity contribution >= 4 is 17.4 Å². The van der Waals surface area contributed by atoms with Gasteiger partial charge in [0.05, 0.1) is 0 Å². The standard InChI is InChI=1S/C8H10ClN3/c1-6(2)4-10-8-3-7(9)11-5-12-8/h3,5H,1,4H2,2H3,(H,10,11,12). The van der Waals surface area contributed by atoms with Gasteiger partial charge in [0.15, 0.2) is 0 Å². The minimum Gasteiger partial charge on any atom is -0.366 e. The average molecular weight is 184 g/mol. The number of hydrogen-bond donors (Lipinski definition) is 1. The van der Waals surface area contributed by atoms with Gasteiger partial charge in [-0.15, -0.1) is 0 Å². The smallest absolute Gasteiger partial charge is 0.134 e. The number of hydrogen-bond acceptors (Lipinski definition) is 3. The minimum atomic E-state index is 0.439. The Morgan fingerprint density at radius 1 is 1.67 bits per heavy atom. The summed E-state index contributed by atoms with van der Waals surface area (Å²) in [5.74, 6) is 0.720. The summed E-state index contributed by atoms with van der Waals surface area (Å²) in [5, 5.41) is 3.49. The molecule has 0 unspecified atom stereocenters. The molecule has 4 heteroatoms. The van der Waals surface area contributed by atoms with Gasteiger partial charge in [0.1, 0.15) is 17.3 Å². The quantitative estimate of drug-likeness (QED) is 0.576. The lowest BCUT2D eigenvalue weighted by molar-refractivity contribution is 1.12. The van der Waals surface area contributed by atoms with Gasteiger partial charge in [0, 0.05) is 12.6 Å². The molecule has 1 rings (SSSR count). The molecule has 0 saturated carbocycles. The molecule has 0 aromatic carbocycles. The van der Waals surface area contributed by atoms with E-state index in [2.05, 4.69) is 21.9 Å². The molecule has 0 atom stereocenters. The molecule has 1 N–H and O–H groups in total. The lowest BCUT2D eigenvalue weighted by Crippen LogP contribution is -2.03. The van der Waals surface area contributed by atoms with Crippen LogP contribution in [-0.2, 0) is 0 Å². The summed E-state index contributed by atoms with van der Waals surface area (Å²) in [6, 6.07) is 1.67. The molecule has 3 nitrogen and oxygen atoms in total. The number of halogens is 1. The van der Waals surface area contributed by atoms with Crippen molar-refractivity contribution in [3.63, 3.8) is 0 Å². The Kier molecular flexibility index (Phi) is 3.05. The third-order valence-corrected chi connectivity index (χ3v) is 1.41. The Labute approximate surface area is 76.5 Å². The second-order valence-electron chi connectivity index (χ2n) is 2.54. The van der Waals surface area contributed by atoms with Crippen LogP contribution in [0.15, 0.2) is 24.5 Å². The van der Waals surface area contributed by atoms with Gasteiger partial charge in [-0.05, 0) is 6.92 Å². The number of aromatic nitrogens is 2. The zero-order valence-corrected chi connectivity index (χ0v) is 7.60. The Hall–Kier alpha value is -1.09. The minimum absolute atomic E-state index is 0.439. The number of nitrogens with zero attached hydrogens (tertiary/aromatic N) is 2. The highest BCUT2D eigenvalue weighted by Gasteiger charge is 1.94. The monoisotopic (exact) mass is 183 g/mol. The van der Waals surface area contributed by atoms with Crippen molar-refractivity contribution in [3.05, 3.63) is 29.7 Å². The van der Waals surface area contributed by atoms with Crippen molar-refractivity contribution in [2.75, 3.05) is 11.9 Å². The molecule has 0 bridgehead atoms. The van der Waals surface area contributed by atoms with Gasteiger partial charge in [0.2, 0.25) is 0 Å². The van der Waals surface area contributed by atoms with Crippen LogP contribution in [0.1, 0.15) is 6.92 Å². The van der Waals surface area contributed by atoms with E-state index in [0.29, 0.717) is 11.7 Å². The highest BCUT2D eigenvalue weighted by molar-refractivity contribution is 6.29. The molecule has 0 amide bonds. The maximum atomic E-state index is 5.65. The summed E-state index contributed by atoms with van der Waals surface area (Å²) in [5.41, 5.74) is 1.05. The summed E-state index contributed by atoms with van der Waals surface area (Å²) >= 11 is 5.65. The molecule has 0 spiro atoms. The largest absolute Gasteiger partial charge is 0.366 e. The summed E-state index contributed by atoms with van der Waals surface area (Å²) < 4.78 is 0. The summed E-state index contributed by atoms with van der Waals surface area (Å²) in [4.78, 5) is 7.72. The predicted octanol–water partition coefficient (Wildman–Crippen LogP) is 2.12. The van der Waals surface area contributed by atoms with Crippen molar-refractivity contribution in [1.29, 1.82) is 0 Å². The fourth-order valence-electron chi connectivity index (χ4n) is 0.672. The van der Waals surface area contributed by atoms with E-state index in [9.17, 15) is 0 Å². The van der Waals surface area contributed by atoms with E-state index in [1.165, 1.54) is 6.33 Å². The third-order valence-electron chi connectivity index (χ3n) is 1.20. The van der Waals surface area contributed by atoms with Gasteiger partial charge in [-0.2, -0.15) is 0 Å². The molecule has 1 aromatic rings. The van der Waals surface area contributed by atoms with Gasteiger partial charge < -0.3 is 5.32 Å². The Bertz CT molecular complexity index is 285. The first-order valence-corrected chi connectivity index (χ1v) is 3.92. The maximum Gasteiger partial charge on any atom is 0.134 e. The topological polar surface area (TPSA) is 37.8 Å². The van der Waals surface area contributed by atoms with Gasteiger partial charge in [0.25, 0.3) is 0 Å². The second kappa shape index (κ2) is 4.07. The van der Waals surface area contributed by atoms with Crippen molar-refractivity contribution in [3.8, 4) is 0 Å². The molecule has 0 aliphatic heterocycles. The van der Waals surface area contributed by atoms with Gasteiger partial charge in [-0.25, -0.2) is 9.97 Å². The zero-order chi connectivity index (χ0) is 8.97. The first kappa shape index (κ1) is 9.00. The van der Waals surface area contributed by atoms with Gasteiger partial charge in [-0.1, -0.05) is 23.8 Å². The van der Waals surface area contributed by atoms with Crippen LogP contribution in [0.3, 0.4) is 0 Å². The highest BCUT2D eigenvalue weighted by Crippen LogP contribution is 2.08. The molecule has 0 saturated heterocycles. The van der Waals surface area contributed by atoms with E-state index in [1.54, 1.807) is 6.07 Å². The van der Waals surface area contributed by atoms with Gasteiger partial charge in [-0.3, -0.25) is 0 Å². The van der Waals surface area contributed by atoms with Crippen LogP contribution < -0.4 is 5.32 Å². The van der Waals surface area contributed by atoms with E-state index in [-0.39, 0.29) is 0 Å². The van der Waals surface area contributed by atoms with E-state index >= 15 is 0 Å². The molecule has 1 aromatic heterocycles. The zero-order valence-electron chi connectivity index (χ0n) is 6.84. The molecule has 0 aliphatic rings. The highest BCUT2D eigenvalue weighted by atomic mass is 35.5. The maximum absolute atomic E-state index is 5.65. The molecule has 0 radical (unpaired) electrons. The molecule has 64 valence electrons. The molecule has 0 fully saturated rings. The fraction of sp³-hybridized carbons (Fsp3) is 0.250. The summed E-state index contributed by atoms with van der Waals surface area (Å²) in [7, 11) is 0. The predicted molar refractivity (Wildman–Crippen MR) is 50.3 cm³/mol. The normalized spacial score (nSPS) is 9.50. The van der Waals surface area contributed by atoms with E-state index in [0.717, 1.165) is 11.4 Å². The van der Waals surface area contributed by atoms with Crippen LogP contribution in [0, 0.1) is 0 Å². The molecule has 0 aliphatic carbocycles. The van der Waals surface area contributed by atoms with Gasteiger partial charge >= 0.3 is 0 Å². The van der Waals surface area contributed by atoms with Crippen molar-refractivity contribution < 1.29 is 0 Å². The van der Waals surface area contributed by atoms with Crippen LogP contribution in [0.4, 0.5) is 5.82 Å². The Morgan fingerprint density at radius 2 is 2.42 bits per heavy atom. The third kappa shape index (κ3) is 2.88. The van der Waals surface area contributed by atoms with E-state index in [1.807, 2.05) is 6.92 Å². The number of nitrogens with one attached hydrogen (secondary N) is 1. The average Bonchev–Trinajstić information content (AvgIpc) is 2.01. The van der Waals surface area contributed by atoms with Crippen molar-refractivity contribution in [2.45, 2.75) is 6.92 Å². The first-order chi connectivity index (χ1) is 5.68. The van der Waals surface area contributed by atoms with Crippen molar-refractivity contribution in [2.24, 2.45) is 0 Å². The van der Waals surface area contributed by atoms with Crippen molar-refractivity contribution in [1.82, 2.24) is 9.97 Å². The summed E-state index contributed by atoms with van der Waals surface area (Å²) in [6.45, 7) is 6.40. The summed E-state index contributed by atoms with van der Waals surface area (Å²) in [6.07, 6.45) is 1.42. The van der Waals surface area contributed by atoms with Crippen LogP contribution in [-0.4, -0.2) is 16.5 Å². The number of anilines is 1. The Balaban J connectivity index is 2.57. The fourth-order valence-corrected chi connectivity index (χ4v) is 0.819. The van der Waals surface area contributed by atoms with Crippen LogP contribution in [0.2, 0.25) is 5.15 Å². The van der Waals surface area contributed by atoms with Crippen LogP contribution >= 0.6 is 11.6 Å². The van der Waals surface area contributed by atoms with E-state index in [4.69, 9.17) is 11.6 Å². The molecule has 1 heterocycles. The van der Waals surface area contributed by atoms with Crippen LogP contribution in [0.5, 0.6) is 0 Å². The first-order valence-electron chi connectivity index (χ1n) is 3.54. The molecular weight excluding hydrogens is 174 g/mol. The molecule has 12 heavy (non-hydrogen) atoms. The SMILES string of the molecule is C=C(C)CNc1cc(Cl)ncn1. The lowest BCUT2D eigenvalue weighted by Gasteiger charge is -2.03. The second-order valence-corrected chi connectivity index (χ2v) is 2.92. The van der Waals surface area contributed by atoms with E-state index < -0.39 is 0 Å². The number of rotatable bonds is 3. The molecular formula is C8H10ClN3. The lowest BCUT2D eigenvalue weighted by atomic mass is 10.3. The Morgan fingerprint density at radius 3 is 3.00 bits per heavy atom.